The molecule has 1 heterocycles. The molecule has 0 fully saturated rings. The van der Waals surface area contributed by atoms with Gasteiger partial charge in [0.25, 0.3) is 0 Å². The van der Waals surface area contributed by atoms with Gasteiger partial charge in [-0.2, -0.15) is 19.4 Å². The summed E-state index contributed by atoms with van der Waals surface area (Å²) in [4.78, 5) is 11.4. The van der Waals surface area contributed by atoms with Gasteiger partial charge in [0.15, 0.2) is 27.8 Å². The lowest BCUT2D eigenvalue weighted by Gasteiger charge is -2.38. The summed E-state index contributed by atoms with van der Waals surface area (Å²) >= 11 is 2.81. The third-order valence-electron chi connectivity index (χ3n) is 5.52. The maximum absolute atomic E-state index is 15.3. The topological polar surface area (TPSA) is 62.6 Å². The summed E-state index contributed by atoms with van der Waals surface area (Å²) in [5, 5.41) is 6.48. The molecule has 0 bridgehead atoms. The molecule has 2 aliphatic rings. The molecule has 2 unspecified atom stereocenters. The van der Waals surface area contributed by atoms with Crippen molar-refractivity contribution in [2.24, 2.45) is 0 Å². The Morgan fingerprint density at radius 3 is 2.27 bits per heavy atom. The van der Waals surface area contributed by atoms with E-state index in [-0.39, 0.29) is 42.4 Å². The highest BCUT2D eigenvalue weighted by Gasteiger charge is 2.58. The zero-order chi connectivity index (χ0) is 27.5. The lowest BCUT2D eigenvalue weighted by Crippen LogP contribution is -2.51. The van der Waals surface area contributed by atoms with Gasteiger partial charge in [-0.15, -0.1) is 11.6 Å². The van der Waals surface area contributed by atoms with Crippen molar-refractivity contribution in [3.63, 3.8) is 0 Å². The van der Waals surface area contributed by atoms with Crippen LogP contribution in [0.15, 0.2) is 25.7 Å². The third kappa shape index (κ3) is 5.17. The molecule has 1 aliphatic carbocycles. The van der Waals surface area contributed by atoms with Crippen molar-refractivity contribution in [2.45, 2.75) is 30.5 Å². The molecule has 0 aromatic heterocycles. The molecule has 204 valence electrons. The summed E-state index contributed by atoms with van der Waals surface area (Å²) in [5.74, 6) is -2.67. The second-order valence-electron chi connectivity index (χ2n) is 7.38. The number of benzene rings is 1. The number of hydrogen-bond acceptors (Lipinski definition) is 9. The van der Waals surface area contributed by atoms with Gasteiger partial charge in [-0.3, -0.25) is 10.2 Å². The van der Waals surface area contributed by atoms with E-state index in [4.69, 9.17) is 26.5 Å². The molecule has 37 heavy (non-hydrogen) atoms. The number of hydrogen-bond donors (Lipinski definition) is 1. The Morgan fingerprint density at radius 1 is 1.11 bits per heavy atom. The van der Waals surface area contributed by atoms with Gasteiger partial charge in [0.05, 0.1) is 111 Å². The number of fused-ring (bicyclic) bond motifs is 1. The molecule has 0 saturated carbocycles. The number of rotatable bonds is 12. The van der Waals surface area contributed by atoms with E-state index in [1.54, 1.807) is 13.8 Å². The Balaban J connectivity index is 2.04. The van der Waals surface area contributed by atoms with Crippen LogP contribution in [0.1, 0.15) is 25.0 Å². The summed E-state index contributed by atoms with van der Waals surface area (Å²) in [6.45, 7) is 2.60. The van der Waals surface area contributed by atoms with Gasteiger partial charge < -0.3 is 14.4 Å². The standard InChI is InChI=1S/C20H17ClF6N2O3S5/c1-3-31-9-5-8-6-29(19(28)11(8)12(22)13(9)32-4-2)7-10(30)20(37-27)17(21)15(34-24)14(33-23)16(35-25)18(20)36-26/h5,17,28H,3-4,6-7H2,1-2H3. The minimum absolute atomic E-state index is 0.0834. The van der Waals surface area contributed by atoms with Crippen LogP contribution in [0.4, 0.5) is 23.8 Å². The molecule has 0 amide bonds. The first kappa shape index (κ1) is 30.6. The van der Waals surface area contributed by atoms with Gasteiger partial charge >= 0.3 is 0 Å². The molecule has 0 saturated heterocycles. The number of carbonyl (C=O) groups is 1. The molecule has 0 radical (unpaired) electrons. The number of halogens is 7. The van der Waals surface area contributed by atoms with Gasteiger partial charge in [-0.05, 0) is 25.5 Å². The lowest BCUT2D eigenvalue weighted by atomic mass is 9.92. The fraction of sp³-hybridized carbons (Fsp3) is 0.400. The summed E-state index contributed by atoms with van der Waals surface area (Å²) < 4.78 is 93.0. The second-order valence-corrected chi connectivity index (χ2v) is 10.9. The van der Waals surface area contributed by atoms with E-state index < -0.39 is 114 Å². The highest BCUT2D eigenvalue weighted by atomic mass is 35.5. The molecule has 1 aliphatic heterocycles. The molecule has 1 N–H and O–H groups in total. The van der Waals surface area contributed by atoms with Crippen molar-refractivity contribution in [2.75, 3.05) is 19.8 Å². The molecule has 2 atom stereocenters. The van der Waals surface area contributed by atoms with Crippen LogP contribution in [0.5, 0.6) is 11.5 Å². The second kappa shape index (κ2) is 12.9. The molecule has 17 heteroatoms. The van der Waals surface area contributed by atoms with Gasteiger partial charge in [-0.1, -0.05) is 0 Å². The largest absolute Gasteiger partial charge is 0.490 e. The SMILES string of the molecule is CCOc1cc2c(c(F)c1OCC)C(=N)N(CC(=O)C1(SF)C(SF)=C(SF)C(SF)=C(SF)C1Cl)C2. The van der Waals surface area contributed by atoms with Crippen LogP contribution in [0.25, 0.3) is 0 Å². The quantitative estimate of drug-likeness (QED) is 0.180. The summed E-state index contributed by atoms with van der Waals surface area (Å²) in [6, 6.07) is 1.45. The third-order valence-corrected chi connectivity index (χ3v) is 10.2. The molecule has 1 aromatic carbocycles. The number of amidine groups is 1. The van der Waals surface area contributed by atoms with E-state index >= 15 is 4.39 Å². The van der Waals surface area contributed by atoms with Crippen LogP contribution in [0.2, 0.25) is 0 Å². The summed E-state index contributed by atoms with van der Waals surface area (Å²) in [7, 11) is 0. The number of Topliss-reactive ketones (excluding diaryl/α,β-unsaturated/α-hetero) is 1. The van der Waals surface area contributed by atoms with Crippen molar-refractivity contribution >= 4 is 84.0 Å². The first-order valence-electron chi connectivity index (χ1n) is 10.3. The minimum atomic E-state index is -2.70. The van der Waals surface area contributed by atoms with Gasteiger partial charge in [-0.25, -0.2) is 4.39 Å². The van der Waals surface area contributed by atoms with Crippen LogP contribution in [-0.2, 0) is 11.3 Å². The highest BCUT2D eigenvalue weighted by molar-refractivity contribution is 8.07. The zero-order valence-corrected chi connectivity index (χ0v) is 23.7. The highest BCUT2D eigenvalue weighted by Crippen LogP contribution is 2.60. The van der Waals surface area contributed by atoms with Crippen molar-refractivity contribution in [1.82, 2.24) is 4.90 Å². The smallest absolute Gasteiger partial charge is 0.197 e. The van der Waals surface area contributed by atoms with E-state index in [9.17, 15) is 24.2 Å². The average molecular weight is 643 g/mol. The predicted molar refractivity (Wildman–Crippen MR) is 141 cm³/mol. The van der Waals surface area contributed by atoms with E-state index in [0.717, 1.165) is 4.90 Å². The Morgan fingerprint density at radius 2 is 1.76 bits per heavy atom. The number of alkyl halides is 1. The summed E-state index contributed by atoms with van der Waals surface area (Å²) in [5.41, 5.74) is 0.0845. The first-order chi connectivity index (χ1) is 17.7. The molecule has 5 nitrogen and oxygen atoms in total. The van der Waals surface area contributed by atoms with E-state index in [2.05, 4.69) is 0 Å². The van der Waals surface area contributed by atoms with Crippen molar-refractivity contribution < 1.29 is 38.1 Å². The van der Waals surface area contributed by atoms with Crippen molar-refractivity contribution in [1.29, 1.82) is 5.41 Å². The predicted octanol–water partition coefficient (Wildman–Crippen LogP) is 8.20. The van der Waals surface area contributed by atoms with E-state index in [0.29, 0.717) is 0 Å². The fourth-order valence-electron chi connectivity index (χ4n) is 3.94. The van der Waals surface area contributed by atoms with Crippen molar-refractivity contribution in [3.05, 3.63) is 42.6 Å². The average Bonchev–Trinajstić information content (AvgIpc) is 3.20. The Hall–Kier alpha value is -0.940. The molecular formula is C20H17ClF6N2O3S5. The fourth-order valence-corrected chi connectivity index (χ4v) is 7.88. The minimum Gasteiger partial charge on any atom is -0.490 e. The van der Waals surface area contributed by atoms with Crippen LogP contribution in [-0.4, -0.2) is 46.4 Å². The molecular weight excluding hydrogens is 626 g/mol. The molecule has 1 aromatic rings. The van der Waals surface area contributed by atoms with Crippen LogP contribution in [0, 0.1) is 11.2 Å². The van der Waals surface area contributed by atoms with Crippen molar-refractivity contribution in [3.8, 4) is 11.5 Å². The number of nitrogens with one attached hydrogen (secondary N) is 1. The van der Waals surface area contributed by atoms with Crippen LogP contribution < -0.4 is 9.47 Å². The number of allylic oxidation sites excluding steroid dienone is 1. The normalized spacial score (nSPS) is 21.6. The maximum atomic E-state index is 15.3. The Bertz CT molecular complexity index is 1160. The van der Waals surface area contributed by atoms with Gasteiger partial charge in [0.1, 0.15) is 5.84 Å². The lowest BCUT2D eigenvalue weighted by molar-refractivity contribution is -0.120. The zero-order valence-electron chi connectivity index (χ0n) is 18.8. The van der Waals surface area contributed by atoms with Crippen LogP contribution >= 0.6 is 72.3 Å². The molecule has 0 spiro atoms. The van der Waals surface area contributed by atoms with Gasteiger partial charge in [0, 0.05) is 6.54 Å². The Kier molecular flexibility index (Phi) is 10.7. The monoisotopic (exact) mass is 642 g/mol. The number of nitrogens with zero attached hydrogens (tertiary/aromatic N) is 1. The number of ether oxygens (including phenoxy) is 2. The Labute approximate surface area is 235 Å². The van der Waals surface area contributed by atoms with Gasteiger partial charge in [0.2, 0.25) is 0 Å². The van der Waals surface area contributed by atoms with E-state index in [1.807, 2.05) is 0 Å². The number of ketones is 1. The number of carbonyl (C=O) groups excluding carboxylic acids is 1. The molecule has 3 rings (SSSR count). The van der Waals surface area contributed by atoms with Crippen LogP contribution in [0.3, 0.4) is 0 Å². The van der Waals surface area contributed by atoms with E-state index in [1.165, 1.54) is 6.07 Å². The maximum Gasteiger partial charge on any atom is 0.197 e. The summed E-state index contributed by atoms with van der Waals surface area (Å²) in [6.07, 6.45) is 0. The first-order valence-corrected chi connectivity index (χ1v) is 14.3.